The number of aliphatic hydroxyl groups excluding tert-OH is 1. The van der Waals surface area contributed by atoms with Gasteiger partial charge in [-0.2, -0.15) is 0 Å². The van der Waals surface area contributed by atoms with Crippen molar-refractivity contribution >= 4 is 5.78 Å². The molecule has 1 aliphatic rings. The summed E-state index contributed by atoms with van der Waals surface area (Å²) >= 11 is 0. The molecule has 2 unspecified atom stereocenters. The number of ether oxygens (including phenoxy) is 1. The molecule has 0 fully saturated rings. The van der Waals surface area contributed by atoms with Crippen LogP contribution in [-0.2, 0) is 0 Å². The number of ketones is 1. The molecule has 1 aromatic rings. The number of hydrogen-bond donors (Lipinski definition) is 1. The summed E-state index contributed by atoms with van der Waals surface area (Å²) in [6, 6.07) is 3.59. The number of benzene rings is 1. The largest absolute Gasteiger partial charge is 0.496 e. The van der Waals surface area contributed by atoms with Crippen molar-refractivity contribution in [2.24, 2.45) is 5.92 Å². The molecule has 0 aromatic heterocycles. The van der Waals surface area contributed by atoms with Gasteiger partial charge in [-0.3, -0.25) is 4.79 Å². The molecule has 3 heteroatoms. The van der Waals surface area contributed by atoms with E-state index in [-0.39, 0.29) is 11.7 Å². The van der Waals surface area contributed by atoms with E-state index in [4.69, 9.17) is 4.74 Å². The molecule has 1 aliphatic carbocycles. The normalized spacial score (nSPS) is 24.1. The lowest BCUT2D eigenvalue weighted by Crippen LogP contribution is -2.23. The number of aliphatic hydroxyl groups is 1. The maximum Gasteiger partial charge on any atom is 0.166 e. The first-order valence-electron chi connectivity index (χ1n) is 5.45. The Morgan fingerprint density at radius 2 is 2.12 bits per heavy atom. The van der Waals surface area contributed by atoms with Crippen molar-refractivity contribution < 1.29 is 14.6 Å². The number of Topliss-reactive ketones (excluding diaryl/α,β-unsaturated/α-hetero) is 1. The molecular formula is C13H16O3. The summed E-state index contributed by atoms with van der Waals surface area (Å²) in [5.74, 6) is 0.682. The summed E-state index contributed by atoms with van der Waals surface area (Å²) in [7, 11) is 1.59. The van der Waals surface area contributed by atoms with Gasteiger partial charge in [0.05, 0.1) is 13.2 Å². The Labute approximate surface area is 95.0 Å². The minimum absolute atomic E-state index is 0.0959. The molecule has 0 bridgehead atoms. The summed E-state index contributed by atoms with van der Waals surface area (Å²) in [6.07, 6.45) is -0.0234. The molecule has 0 amide bonds. The average Bonchev–Trinajstić information content (AvgIpc) is 2.25. The van der Waals surface area contributed by atoms with Crippen LogP contribution in [0.2, 0.25) is 0 Å². The van der Waals surface area contributed by atoms with Gasteiger partial charge in [-0.05, 0) is 36.6 Å². The Morgan fingerprint density at radius 1 is 1.44 bits per heavy atom. The van der Waals surface area contributed by atoms with E-state index in [1.165, 1.54) is 0 Å². The number of fused-ring (bicyclic) bond motifs is 1. The van der Waals surface area contributed by atoms with E-state index in [1.54, 1.807) is 13.2 Å². The lowest BCUT2D eigenvalue weighted by Gasteiger charge is -2.26. The first-order valence-corrected chi connectivity index (χ1v) is 5.45. The lowest BCUT2D eigenvalue weighted by molar-refractivity contribution is 0.0795. The number of methoxy groups -OCH3 is 1. The molecule has 1 aromatic carbocycles. The zero-order valence-electron chi connectivity index (χ0n) is 9.78. The topological polar surface area (TPSA) is 46.5 Å². The molecule has 0 heterocycles. The van der Waals surface area contributed by atoms with Gasteiger partial charge in [-0.25, -0.2) is 0 Å². The fourth-order valence-electron chi connectivity index (χ4n) is 2.25. The molecule has 1 N–H and O–H groups in total. The first kappa shape index (κ1) is 11.1. The zero-order chi connectivity index (χ0) is 11.9. The standard InChI is InChI=1S/C13H16O3/c1-7-4-9-10(6-12(7)16-3)13(15)8(2)5-11(9)14/h4,6,8,11,14H,5H2,1-3H3. The minimum atomic E-state index is -0.535. The number of hydrogen-bond acceptors (Lipinski definition) is 3. The van der Waals surface area contributed by atoms with Gasteiger partial charge < -0.3 is 9.84 Å². The second-order valence-electron chi connectivity index (χ2n) is 4.43. The Hall–Kier alpha value is -1.35. The van der Waals surface area contributed by atoms with Crippen LogP contribution < -0.4 is 4.74 Å². The van der Waals surface area contributed by atoms with Crippen LogP contribution in [0.5, 0.6) is 5.75 Å². The van der Waals surface area contributed by atoms with Gasteiger partial charge in [-0.1, -0.05) is 6.92 Å². The third-order valence-electron chi connectivity index (χ3n) is 3.22. The maximum atomic E-state index is 12.0. The molecule has 16 heavy (non-hydrogen) atoms. The Morgan fingerprint density at radius 3 is 2.75 bits per heavy atom. The van der Waals surface area contributed by atoms with Crippen LogP contribution in [0.1, 0.15) is 40.9 Å². The maximum absolute atomic E-state index is 12.0. The number of carbonyl (C=O) groups excluding carboxylic acids is 1. The van der Waals surface area contributed by atoms with E-state index < -0.39 is 6.10 Å². The highest BCUT2D eigenvalue weighted by Gasteiger charge is 2.30. The molecule has 2 atom stereocenters. The van der Waals surface area contributed by atoms with Crippen LogP contribution >= 0.6 is 0 Å². The van der Waals surface area contributed by atoms with Crippen molar-refractivity contribution in [3.63, 3.8) is 0 Å². The first-order chi connectivity index (χ1) is 7.54. The summed E-state index contributed by atoms with van der Waals surface area (Å²) < 4.78 is 5.20. The number of aryl methyl sites for hydroxylation is 1. The minimum Gasteiger partial charge on any atom is -0.496 e. The van der Waals surface area contributed by atoms with E-state index >= 15 is 0 Å². The third kappa shape index (κ3) is 1.61. The van der Waals surface area contributed by atoms with Crippen LogP contribution in [0.4, 0.5) is 0 Å². The van der Waals surface area contributed by atoms with E-state index in [0.717, 1.165) is 11.1 Å². The average molecular weight is 220 g/mol. The highest BCUT2D eigenvalue weighted by Crippen LogP contribution is 2.36. The molecule has 0 radical (unpaired) electrons. The smallest absolute Gasteiger partial charge is 0.166 e. The molecule has 86 valence electrons. The van der Waals surface area contributed by atoms with Crippen LogP contribution in [0.3, 0.4) is 0 Å². The van der Waals surface area contributed by atoms with Gasteiger partial charge in [0, 0.05) is 11.5 Å². The van der Waals surface area contributed by atoms with Gasteiger partial charge in [-0.15, -0.1) is 0 Å². The SMILES string of the molecule is COc1cc2c(cc1C)C(O)CC(C)C2=O. The van der Waals surface area contributed by atoms with Crippen molar-refractivity contribution in [2.45, 2.75) is 26.4 Å². The second-order valence-corrected chi connectivity index (χ2v) is 4.43. The van der Waals surface area contributed by atoms with E-state index in [9.17, 15) is 9.90 Å². The summed E-state index contributed by atoms with van der Waals surface area (Å²) in [4.78, 5) is 12.0. The van der Waals surface area contributed by atoms with Gasteiger partial charge >= 0.3 is 0 Å². The number of carbonyl (C=O) groups is 1. The lowest BCUT2D eigenvalue weighted by atomic mass is 9.81. The van der Waals surface area contributed by atoms with E-state index in [1.807, 2.05) is 19.9 Å². The van der Waals surface area contributed by atoms with Crippen molar-refractivity contribution in [1.82, 2.24) is 0 Å². The summed E-state index contributed by atoms with van der Waals surface area (Å²) in [6.45, 7) is 3.76. The predicted molar refractivity (Wildman–Crippen MR) is 60.8 cm³/mol. The number of rotatable bonds is 1. The van der Waals surface area contributed by atoms with Crippen molar-refractivity contribution in [2.75, 3.05) is 7.11 Å². The fraction of sp³-hybridized carbons (Fsp3) is 0.462. The van der Waals surface area contributed by atoms with Gasteiger partial charge in [0.2, 0.25) is 0 Å². The van der Waals surface area contributed by atoms with Gasteiger partial charge in [0.15, 0.2) is 5.78 Å². The van der Waals surface area contributed by atoms with Gasteiger partial charge in [0.25, 0.3) is 0 Å². The monoisotopic (exact) mass is 220 g/mol. The Bertz CT molecular complexity index is 437. The molecule has 3 nitrogen and oxygen atoms in total. The van der Waals surface area contributed by atoms with Crippen LogP contribution in [0.15, 0.2) is 12.1 Å². The highest BCUT2D eigenvalue weighted by molar-refractivity contribution is 6.00. The van der Waals surface area contributed by atoms with Crippen LogP contribution in [-0.4, -0.2) is 18.0 Å². The Balaban J connectivity index is 2.59. The second kappa shape index (κ2) is 3.91. The van der Waals surface area contributed by atoms with E-state index in [0.29, 0.717) is 17.7 Å². The fourth-order valence-corrected chi connectivity index (χ4v) is 2.25. The summed E-state index contributed by atoms with van der Waals surface area (Å²) in [5.41, 5.74) is 2.29. The molecular weight excluding hydrogens is 204 g/mol. The zero-order valence-corrected chi connectivity index (χ0v) is 9.78. The summed E-state index contributed by atoms with van der Waals surface area (Å²) in [5, 5.41) is 9.94. The molecule has 0 aliphatic heterocycles. The molecule has 0 saturated carbocycles. The Kier molecular flexibility index (Phi) is 2.72. The van der Waals surface area contributed by atoms with Crippen molar-refractivity contribution in [3.05, 3.63) is 28.8 Å². The van der Waals surface area contributed by atoms with Crippen LogP contribution in [0.25, 0.3) is 0 Å². The van der Waals surface area contributed by atoms with Gasteiger partial charge in [0.1, 0.15) is 5.75 Å². The van der Waals surface area contributed by atoms with Crippen molar-refractivity contribution in [1.29, 1.82) is 0 Å². The van der Waals surface area contributed by atoms with E-state index in [2.05, 4.69) is 0 Å². The van der Waals surface area contributed by atoms with Crippen molar-refractivity contribution in [3.8, 4) is 5.75 Å². The quantitative estimate of drug-likeness (QED) is 0.789. The molecule has 2 rings (SSSR count). The third-order valence-corrected chi connectivity index (χ3v) is 3.22. The molecule has 0 spiro atoms. The highest BCUT2D eigenvalue weighted by atomic mass is 16.5. The van der Waals surface area contributed by atoms with Crippen LogP contribution in [0, 0.1) is 12.8 Å². The predicted octanol–water partition coefficient (Wildman–Crippen LogP) is 2.26. The molecule has 0 saturated heterocycles.